The molecule has 8 heteroatoms. The molecule has 1 amide bonds. The summed E-state index contributed by atoms with van der Waals surface area (Å²) in [7, 11) is 0. The van der Waals surface area contributed by atoms with Crippen molar-refractivity contribution in [1.82, 2.24) is 4.90 Å². The molecule has 0 saturated carbocycles. The molecule has 2 aromatic rings. The Morgan fingerprint density at radius 2 is 1.52 bits per heavy atom. The van der Waals surface area contributed by atoms with E-state index in [0.717, 1.165) is 5.69 Å². The molecule has 0 bridgehead atoms. The van der Waals surface area contributed by atoms with Gasteiger partial charge in [0.05, 0.1) is 20.5 Å². The van der Waals surface area contributed by atoms with E-state index in [1.165, 1.54) is 12.1 Å². The number of carbonyl (C=O) groups excluding carboxylic acids is 1. The lowest BCUT2D eigenvalue weighted by molar-refractivity contribution is -0.384. The van der Waals surface area contributed by atoms with Crippen LogP contribution in [0, 0.1) is 10.1 Å². The molecule has 0 atom stereocenters. The summed E-state index contributed by atoms with van der Waals surface area (Å²) in [5.41, 5.74) is 1.29. The maximum absolute atomic E-state index is 12.7. The molecule has 0 unspecified atom stereocenters. The maximum Gasteiger partial charge on any atom is 0.269 e. The average molecular weight is 380 g/mol. The molecule has 0 aliphatic carbocycles. The number of nitro groups is 1. The highest BCUT2D eigenvalue weighted by atomic mass is 35.5. The van der Waals surface area contributed by atoms with Crippen molar-refractivity contribution >= 4 is 40.5 Å². The zero-order valence-electron chi connectivity index (χ0n) is 13.2. The number of non-ortho nitro benzene ring substituents is 1. The van der Waals surface area contributed by atoms with E-state index in [1.807, 2.05) is 0 Å². The predicted molar refractivity (Wildman–Crippen MR) is 97.7 cm³/mol. The van der Waals surface area contributed by atoms with E-state index < -0.39 is 4.92 Å². The molecular weight excluding hydrogens is 365 g/mol. The van der Waals surface area contributed by atoms with Gasteiger partial charge in [-0.3, -0.25) is 14.9 Å². The van der Waals surface area contributed by atoms with Gasteiger partial charge >= 0.3 is 0 Å². The van der Waals surface area contributed by atoms with Gasteiger partial charge in [-0.2, -0.15) is 0 Å². The molecule has 25 heavy (non-hydrogen) atoms. The third-order valence-corrected chi connectivity index (χ3v) is 4.80. The lowest BCUT2D eigenvalue weighted by atomic mass is 10.1. The smallest absolute Gasteiger partial charge is 0.269 e. The van der Waals surface area contributed by atoms with Gasteiger partial charge in [0.15, 0.2) is 0 Å². The Morgan fingerprint density at radius 3 is 2.04 bits per heavy atom. The Balaban J connectivity index is 1.67. The fourth-order valence-corrected chi connectivity index (χ4v) is 3.37. The molecule has 3 rings (SSSR count). The second kappa shape index (κ2) is 7.29. The van der Waals surface area contributed by atoms with Crippen molar-refractivity contribution in [2.24, 2.45) is 0 Å². The summed E-state index contributed by atoms with van der Waals surface area (Å²) >= 11 is 12.2. The quantitative estimate of drug-likeness (QED) is 0.599. The standard InChI is InChI=1S/C17H15Cl2N3O3/c18-14-2-1-3-15(19)16(14)17(23)21-10-8-20(9-11-21)12-4-6-13(7-5-12)22(24)25/h1-7H,8-11H2. The molecule has 6 nitrogen and oxygen atoms in total. The molecular formula is C17H15Cl2N3O3. The van der Waals surface area contributed by atoms with E-state index in [4.69, 9.17) is 23.2 Å². The predicted octanol–water partition coefficient (Wildman–Crippen LogP) is 3.86. The van der Waals surface area contributed by atoms with Crippen LogP contribution in [0.25, 0.3) is 0 Å². The average Bonchev–Trinajstić information content (AvgIpc) is 2.61. The number of carbonyl (C=O) groups is 1. The number of amides is 1. The van der Waals surface area contributed by atoms with Crippen molar-refractivity contribution < 1.29 is 9.72 Å². The molecule has 1 heterocycles. The van der Waals surface area contributed by atoms with Crippen molar-refractivity contribution in [3.63, 3.8) is 0 Å². The molecule has 130 valence electrons. The zero-order chi connectivity index (χ0) is 18.0. The monoisotopic (exact) mass is 379 g/mol. The summed E-state index contributed by atoms with van der Waals surface area (Å²) < 4.78 is 0. The van der Waals surface area contributed by atoms with Gasteiger partial charge in [-0.25, -0.2) is 0 Å². The number of halogens is 2. The topological polar surface area (TPSA) is 66.7 Å². The molecule has 0 aromatic heterocycles. The van der Waals surface area contributed by atoms with Crippen molar-refractivity contribution in [3.8, 4) is 0 Å². The molecule has 0 radical (unpaired) electrons. The number of hydrogen-bond acceptors (Lipinski definition) is 4. The summed E-state index contributed by atoms with van der Waals surface area (Å²) in [5.74, 6) is -0.182. The molecule has 0 N–H and O–H groups in total. The van der Waals surface area contributed by atoms with Crippen LogP contribution in [-0.2, 0) is 0 Å². The lowest BCUT2D eigenvalue weighted by Crippen LogP contribution is -2.48. The fourth-order valence-electron chi connectivity index (χ4n) is 2.81. The summed E-state index contributed by atoms with van der Waals surface area (Å²) in [6.07, 6.45) is 0. The highest BCUT2D eigenvalue weighted by molar-refractivity contribution is 6.39. The zero-order valence-corrected chi connectivity index (χ0v) is 14.7. The van der Waals surface area contributed by atoms with Crippen LogP contribution >= 0.6 is 23.2 Å². The first-order valence-electron chi connectivity index (χ1n) is 7.70. The minimum Gasteiger partial charge on any atom is -0.368 e. The van der Waals surface area contributed by atoms with Gasteiger partial charge in [0, 0.05) is 44.0 Å². The van der Waals surface area contributed by atoms with E-state index in [0.29, 0.717) is 41.8 Å². The second-order valence-corrected chi connectivity index (χ2v) is 6.46. The number of nitrogens with zero attached hydrogens (tertiary/aromatic N) is 3. The van der Waals surface area contributed by atoms with E-state index >= 15 is 0 Å². The third kappa shape index (κ3) is 3.70. The molecule has 1 fully saturated rings. The Labute approximate surface area is 154 Å². The van der Waals surface area contributed by atoms with Gasteiger partial charge in [-0.15, -0.1) is 0 Å². The second-order valence-electron chi connectivity index (χ2n) is 5.65. The summed E-state index contributed by atoms with van der Waals surface area (Å²) in [6, 6.07) is 11.4. The van der Waals surface area contributed by atoms with Crippen molar-refractivity contribution in [2.75, 3.05) is 31.1 Å². The van der Waals surface area contributed by atoms with Crippen LogP contribution in [0.5, 0.6) is 0 Å². The number of hydrogen-bond donors (Lipinski definition) is 0. The molecule has 1 aliphatic heterocycles. The normalized spacial score (nSPS) is 14.5. The van der Waals surface area contributed by atoms with Crippen LogP contribution in [0.3, 0.4) is 0 Å². The van der Waals surface area contributed by atoms with Crippen LogP contribution in [0.15, 0.2) is 42.5 Å². The summed E-state index contributed by atoms with van der Waals surface area (Å²) in [6.45, 7) is 2.31. The highest BCUT2D eigenvalue weighted by Crippen LogP contribution is 2.27. The largest absolute Gasteiger partial charge is 0.368 e. The Hall–Kier alpha value is -2.31. The lowest BCUT2D eigenvalue weighted by Gasteiger charge is -2.36. The Kier molecular flexibility index (Phi) is 5.11. The van der Waals surface area contributed by atoms with Crippen molar-refractivity contribution in [3.05, 3.63) is 68.2 Å². The number of nitro benzene ring substituents is 1. The first-order valence-corrected chi connectivity index (χ1v) is 8.45. The first kappa shape index (κ1) is 17.5. The number of benzene rings is 2. The number of anilines is 1. The van der Waals surface area contributed by atoms with E-state index in [9.17, 15) is 14.9 Å². The highest BCUT2D eigenvalue weighted by Gasteiger charge is 2.25. The molecule has 0 spiro atoms. The van der Waals surface area contributed by atoms with Crippen LogP contribution in [0.2, 0.25) is 10.0 Å². The molecule has 2 aromatic carbocycles. The van der Waals surface area contributed by atoms with Gasteiger partial charge in [0.25, 0.3) is 11.6 Å². The SMILES string of the molecule is O=C(c1c(Cl)cccc1Cl)N1CCN(c2ccc([N+](=O)[O-])cc2)CC1. The van der Waals surface area contributed by atoms with E-state index in [1.54, 1.807) is 35.2 Å². The third-order valence-electron chi connectivity index (χ3n) is 4.17. The van der Waals surface area contributed by atoms with E-state index in [2.05, 4.69) is 4.90 Å². The first-order chi connectivity index (χ1) is 12.0. The fraction of sp³-hybridized carbons (Fsp3) is 0.235. The minimum atomic E-state index is -0.423. The van der Waals surface area contributed by atoms with Gasteiger partial charge < -0.3 is 9.80 Å². The van der Waals surface area contributed by atoms with Gasteiger partial charge in [0.2, 0.25) is 0 Å². The van der Waals surface area contributed by atoms with Crippen LogP contribution < -0.4 is 4.90 Å². The van der Waals surface area contributed by atoms with Gasteiger partial charge in [0.1, 0.15) is 0 Å². The molecule has 1 aliphatic rings. The van der Waals surface area contributed by atoms with Gasteiger partial charge in [-0.05, 0) is 24.3 Å². The minimum absolute atomic E-state index is 0.0610. The van der Waals surface area contributed by atoms with Crippen LogP contribution in [0.4, 0.5) is 11.4 Å². The van der Waals surface area contributed by atoms with Crippen molar-refractivity contribution in [1.29, 1.82) is 0 Å². The number of piperazine rings is 1. The Morgan fingerprint density at radius 1 is 0.960 bits per heavy atom. The Bertz CT molecular complexity index is 783. The summed E-state index contributed by atoms with van der Waals surface area (Å²) in [5, 5.41) is 11.4. The molecule has 1 saturated heterocycles. The van der Waals surface area contributed by atoms with Crippen LogP contribution in [0.1, 0.15) is 10.4 Å². The van der Waals surface area contributed by atoms with Crippen molar-refractivity contribution in [2.45, 2.75) is 0 Å². The summed E-state index contributed by atoms with van der Waals surface area (Å²) in [4.78, 5) is 26.8. The number of rotatable bonds is 3. The maximum atomic E-state index is 12.7. The van der Waals surface area contributed by atoms with Gasteiger partial charge in [-0.1, -0.05) is 29.3 Å². The van der Waals surface area contributed by atoms with E-state index in [-0.39, 0.29) is 11.6 Å². The van der Waals surface area contributed by atoms with Crippen LogP contribution in [-0.4, -0.2) is 41.9 Å².